The van der Waals surface area contributed by atoms with E-state index in [2.05, 4.69) is 0 Å². The fourth-order valence-corrected chi connectivity index (χ4v) is 3.91. The molecule has 0 atom stereocenters. The van der Waals surface area contributed by atoms with Gasteiger partial charge in [-0.15, -0.1) is 0 Å². The van der Waals surface area contributed by atoms with Gasteiger partial charge < -0.3 is 14.5 Å². The second-order valence-electron chi connectivity index (χ2n) is 7.03. The fourth-order valence-electron chi connectivity index (χ4n) is 3.91. The van der Waals surface area contributed by atoms with Crippen molar-refractivity contribution in [3.8, 4) is 5.75 Å². The molecule has 0 radical (unpaired) electrons. The second-order valence-corrected chi connectivity index (χ2v) is 7.03. The number of ether oxygens (including phenoxy) is 1. The van der Waals surface area contributed by atoms with E-state index in [0.29, 0.717) is 38.5 Å². The second kappa shape index (κ2) is 8.37. The number of para-hydroxylation sites is 1. The van der Waals surface area contributed by atoms with E-state index in [1.165, 1.54) is 19.3 Å². The average molecular weight is 344 g/mol. The van der Waals surface area contributed by atoms with Crippen LogP contribution in [0.4, 0.5) is 0 Å². The van der Waals surface area contributed by atoms with Gasteiger partial charge in [0.1, 0.15) is 5.75 Å². The Hall–Kier alpha value is -2.04. The number of rotatable bonds is 4. The molecule has 5 heteroatoms. The van der Waals surface area contributed by atoms with Gasteiger partial charge >= 0.3 is 0 Å². The van der Waals surface area contributed by atoms with E-state index in [4.69, 9.17) is 4.74 Å². The molecule has 0 aromatic heterocycles. The van der Waals surface area contributed by atoms with Crippen LogP contribution in [-0.4, -0.2) is 54.9 Å². The third-order valence-corrected chi connectivity index (χ3v) is 5.43. The van der Waals surface area contributed by atoms with Crippen molar-refractivity contribution in [3.63, 3.8) is 0 Å². The first-order valence-corrected chi connectivity index (χ1v) is 9.37. The summed E-state index contributed by atoms with van der Waals surface area (Å²) in [5, 5.41) is 0. The van der Waals surface area contributed by atoms with Crippen LogP contribution in [0, 0.1) is 5.92 Å². The maximum absolute atomic E-state index is 12.6. The van der Waals surface area contributed by atoms with E-state index < -0.39 is 0 Å². The van der Waals surface area contributed by atoms with E-state index in [1.54, 1.807) is 7.11 Å². The van der Waals surface area contributed by atoms with E-state index in [9.17, 15) is 9.59 Å². The first kappa shape index (κ1) is 17.8. The topological polar surface area (TPSA) is 49.9 Å². The first-order valence-electron chi connectivity index (χ1n) is 9.37. The maximum atomic E-state index is 12.6. The van der Waals surface area contributed by atoms with Crippen molar-refractivity contribution in [3.05, 3.63) is 29.8 Å². The minimum atomic E-state index is 0.106. The lowest BCUT2D eigenvalue weighted by Crippen LogP contribution is -2.52. The van der Waals surface area contributed by atoms with E-state index in [0.717, 1.165) is 24.2 Å². The number of carbonyl (C=O) groups is 2. The van der Waals surface area contributed by atoms with Crippen molar-refractivity contribution in [1.29, 1.82) is 0 Å². The molecule has 0 N–H and O–H groups in total. The van der Waals surface area contributed by atoms with Crippen LogP contribution < -0.4 is 4.74 Å². The number of nitrogens with zero attached hydrogens (tertiary/aromatic N) is 2. The number of hydrogen-bond donors (Lipinski definition) is 0. The van der Waals surface area contributed by atoms with Crippen LogP contribution in [0.3, 0.4) is 0 Å². The Balaban J connectivity index is 1.51. The van der Waals surface area contributed by atoms with Crippen molar-refractivity contribution in [2.45, 2.75) is 38.5 Å². The summed E-state index contributed by atoms with van der Waals surface area (Å²) in [5.74, 6) is 1.37. The Kier molecular flexibility index (Phi) is 5.95. The van der Waals surface area contributed by atoms with Crippen LogP contribution in [0.2, 0.25) is 0 Å². The summed E-state index contributed by atoms with van der Waals surface area (Å²) in [6, 6.07) is 7.64. The van der Waals surface area contributed by atoms with Crippen LogP contribution in [0.5, 0.6) is 5.75 Å². The predicted octanol–water partition coefficient (Wildman–Crippen LogP) is 2.49. The lowest BCUT2D eigenvalue weighted by atomic mass is 9.88. The van der Waals surface area contributed by atoms with Crippen LogP contribution in [-0.2, 0) is 16.0 Å². The SMILES string of the molecule is COc1ccccc1CC(=O)N1CCN(C(=O)C2CCCCC2)CC1. The molecule has 5 nitrogen and oxygen atoms in total. The van der Waals surface area contributed by atoms with Gasteiger partial charge in [-0.1, -0.05) is 37.5 Å². The number of benzene rings is 1. The standard InChI is InChI=1S/C20H28N2O3/c1-25-18-10-6-5-9-17(18)15-19(23)21-11-13-22(14-12-21)20(24)16-7-3-2-4-8-16/h5-6,9-10,16H,2-4,7-8,11-15H2,1H3. The molecule has 1 aromatic rings. The summed E-state index contributed by atoms with van der Waals surface area (Å²) >= 11 is 0. The Morgan fingerprint density at radius 2 is 1.64 bits per heavy atom. The summed E-state index contributed by atoms with van der Waals surface area (Å²) in [6.45, 7) is 2.58. The van der Waals surface area contributed by atoms with Crippen LogP contribution in [0.1, 0.15) is 37.7 Å². The van der Waals surface area contributed by atoms with E-state index in [-0.39, 0.29) is 11.8 Å². The molecule has 1 saturated carbocycles. The normalized spacial score (nSPS) is 18.9. The molecule has 0 spiro atoms. The molecule has 1 heterocycles. The summed E-state index contributed by atoms with van der Waals surface area (Å²) < 4.78 is 5.33. The van der Waals surface area contributed by atoms with Crippen LogP contribution >= 0.6 is 0 Å². The molecule has 2 amide bonds. The van der Waals surface area contributed by atoms with Gasteiger partial charge in [0.2, 0.25) is 11.8 Å². The van der Waals surface area contributed by atoms with Gasteiger partial charge in [0.25, 0.3) is 0 Å². The van der Waals surface area contributed by atoms with Gasteiger partial charge in [0.05, 0.1) is 13.5 Å². The van der Waals surface area contributed by atoms with Gasteiger partial charge in [0.15, 0.2) is 0 Å². The lowest BCUT2D eigenvalue weighted by Gasteiger charge is -2.37. The zero-order valence-electron chi connectivity index (χ0n) is 15.1. The van der Waals surface area contributed by atoms with Gasteiger partial charge in [-0.2, -0.15) is 0 Å². The van der Waals surface area contributed by atoms with Crippen molar-refractivity contribution >= 4 is 11.8 Å². The Morgan fingerprint density at radius 1 is 1.00 bits per heavy atom. The molecule has 136 valence electrons. The van der Waals surface area contributed by atoms with Gasteiger partial charge in [-0.3, -0.25) is 9.59 Å². The maximum Gasteiger partial charge on any atom is 0.227 e. The smallest absolute Gasteiger partial charge is 0.227 e. The number of amides is 2. The molecule has 1 aliphatic carbocycles. The Bertz CT molecular complexity index is 603. The van der Waals surface area contributed by atoms with Crippen LogP contribution in [0.25, 0.3) is 0 Å². The highest BCUT2D eigenvalue weighted by Gasteiger charge is 2.29. The van der Waals surface area contributed by atoms with Crippen LogP contribution in [0.15, 0.2) is 24.3 Å². The molecule has 2 fully saturated rings. The quantitative estimate of drug-likeness (QED) is 0.843. The average Bonchev–Trinajstić information content (AvgIpc) is 2.68. The number of carbonyl (C=O) groups excluding carboxylic acids is 2. The molecular weight excluding hydrogens is 316 g/mol. The fraction of sp³-hybridized carbons (Fsp3) is 0.600. The molecule has 3 rings (SSSR count). The van der Waals surface area contributed by atoms with Crippen molar-refractivity contribution < 1.29 is 14.3 Å². The lowest BCUT2D eigenvalue weighted by molar-refractivity contribution is -0.142. The highest BCUT2D eigenvalue weighted by molar-refractivity contribution is 5.81. The molecule has 1 aromatic carbocycles. The molecule has 25 heavy (non-hydrogen) atoms. The minimum Gasteiger partial charge on any atom is -0.496 e. The third kappa shape index (κ3) is 4.33. The Labute approximate surface area is 149 Å². The number of hydrogen-bond acceptors (Lipinski definition) is 3. The predicted molar refractivity (Wildman–Crippen MR) is 96.4 cm³/mol. The summed E-state index contributed by atoms with van der Waals surface area (Å²) in [6.07, 6.45) is 6.02. The zero-order chi connectivity index (χ0) is 17.6. The molecule has 2 aliphatic rings. The molecule has 1 aliphatic heterocycles. The molecule has 1 saturated heterocycles. The highest BCUT2D eigenvalue weighted by Crippen LogP contribution is 2.26. The highest BCUT2D eigenvalue weighted by atomic mass is 16.5. The van der Waals surface area contributed by atoms with Gasteiger partial charge in [-0.05, 0) is 18.9 Å². The van der Waals surface area contributed by atoms with Crippen molar-refractivity contribution in [2.24, 2.45) is 5.92 Å². The third-order valence-electron chi connectivity index (χ3n) is 5.43. The summed E-state index contributed by atoms with van der Waals surface area (Å²) in [5.41, 5.74) is 0.913. The Morgan fingerprint density at radius 3 is 2.32 bits per heavy atom. The molecule has 0 unspecified atom stereocenters. The number of methoxy groups -OCH3 is 1. The largest absolute Gasteiger partial charge is 0.496 e. The summed E-state index contributed by atoms with van der Waals surface area (Å²) in [4.78, 5) is 29.0. The minimum absolute atomic E-state index is 0.106. The van der Waals surface area contributed by atoms with Crippen molar-refractivity contribution in [2.75, 3.05) is 33.3 Å². The van der Waals surface area contributed by atoms with Crippen molar-refractivity contribution in [1.82, 2.24) is 9.80 Å². The monoisotopic (exact) mass is 344 g/mol. The zero-order valence-corrected chi connectivity index (χ0v) is 15.1. The van der Waals surface area contributed by atoms with Gasteiger partial charge in [-0.25, -0.2) is 0 Å². The first-order chi connectivity index (χ1) is 12.2. The number of piperazine rings is 1. The van der Waals surface area contributed by atoms with Gasteiger partial charge in [0, 0.05) is 37.7 Å². The molecular formula is C20H28N2O3. The van der Waals surface area contributed by atoms with E-state index >= 15 is 0 Å². The summed E-state index contributed by atoms with van der Waals surface area (Å²) in [7, 11) is 1.62. The van der Waals surface area contributed by atoms with E-state index in [1.807, 2.05) is 34.1 Å². The molecule has 0 bridgehead atoms.